The van der Waals surface area contributed by atoms with E-state index in [4.69, 9.17) is 4.74 Å². The van der Waals surface area contributed by atoms with Crippen molar-refractivity contribution in [3.63, 3.8) is 0 Å². The van der Waals surface area contributed by atoms with Gasteiger partial charge in [-0.05, 0) is 61.6 Å². The first kappa shape index (κ1) is 18.5. The van der Waals surface area contributed by atoms with Crippen LogP contribution in [0.3, 0.4) is 0 Å². The minimum Gasteiger partial charge on any atom is -0.472 e. The van der Waals surface area contributed by atoms with Crippen molar-refractivity contribution < 1.29 is 9.53 Å². The molecule has 0 bridgehead atoms. The molecular formula is C24H25N5O2. The number of ether oxygens (including phenoxy) is 1. The second-order valence-corrected chi connectivity index (χ2v) is 9.08. The highest BCUT2D eigenvalue weighted by Gasteiger charge is 2.66. The molecular weight excluding hydrogens is 390 g/mol. The van der Waals surface area contributed by atoms with Crippen molar-refractivity contribution in [3.05, 3.63) is 66.1 Å². The van der Waals surface area contributed by atoms with E-state index in [9.17, 15) is 4.79 Å². The van der Waals surface area contributed by atoms with E-state index in [1.165, 1.54) is 17.6 Å². The van der Waals surface area contributed by atoms with Crippen LogP contribution in [0.5, 0.6) is 5.88 Å². The first-order valence-electron chi connectivity index (χ1n) is 11.0. The molecule has 0 radical (unpaired) electrons. The zero-order chi connectivity index (χ0) is 21.0. The average molecular weight is 415 g/mol. The third kappa shape index (κ3) is 2.79. The van der Waals surface area contributed by atoms with Gasteiger partial charge in [0.25, 0.3) is 5.91 Å². The lowest BCUT2D eigenvalue weighted by atomic mass is 9.59. The van der Waals surface area contributed by atoms with Crippen molar-refractivity contribution in [1.29, 1.82) is 0 Å². The second kappa shape index (κ2) is 6.90. The van der Waals surface area contributed by atoms with Gasteiger partial charge < -0.3 is 9.64 Å². The molecule has 1 spiro atoms. The largest absolute Gasteiger partial charge is 0.472 e. The quantitative estimate of drug-likeness (QED) is 0.653. The summed E-state index contributed by atoms with van der Waals surface area (Å²) in [6, 6.07) is 11.6. The topological polar surface area (TPSA) is 73.1 Å². The molecule has 2 saturated carbocycles. The van der Waals surface area contributed by atoms with E-state index >= 15 is 0 Å². The lowest BCUT2D eigenvalue weighted by Crippen LogP contribution is -2.49. The summed E-state index contributed by atoms with van der Waals surface area (Å²) in [5, 5.41) is 8.49. The monoisotopic (exact) mass is 415 g/mol. The Kier molecular flexibility index (Phi) is 4.13. The van der Waals surface area contributed by atoms with E-state index in [2.05, 4.69) is 20.1 Å². The standard InChI is InChI=1S/C24H25N5O2/c1-16-6-7-21(25-14-16)31-20-9-11-24-10-8-17(24)15-28(22(20)24)23(30)18-4-2-3-5-19(18)29-26-12-13-27-29/h2-7,12-14,17,20,22H,8-11,15H2,1H3. The Bertz CT molecular complexity index is 1110. The van der Waals surface area contributed by atoms with Gasteiger partial charge in [-0.15, -0.1) is 0 Å². The normalized spacial score (nSPS) is 28.7. The summed E-state index contributed by atoms with van der Waals surface area (Å²) >= 11 is 0. The number of rotatable bonds is 4. The van der Waals surface area contributed by atoms with Gasteiger partial charge in [0.1, 0.15) is 6.10 Å². The lowest BCUT2D eigenvalue weighted by molar-refractivity contribution is 0.0274. The molecule has 2 aliphatic carbocycles. The van der Waals surface area contributed by atoms with Crippen molar-refractivity contribution in [1.82, 2.24) is 24.9 Å². The maximum absolute atomic E-state index is 13.8. The summed E-state index contributed by atoms with van der Waals surface area (Å²) in [4.78, 5) is 21.9. The van der Waals surface area contributed by atoms with Crippen LogP contribution in [0.4, 0.5) is 0 Å². The molecule has 158 valence electrons. The third-order valence-electron chi connectivity index (χ3n) is 7.55. The molecule has 7 heteroatoms. The van der Waals surface area contributed by atoms with Crippen molar-refractivity contribution in [2.75, 3.05) is 6.54 Å². The number of pyridine rings is 1. The van der Waals surface area contributed by atoms with Crippen LogP contribution in [-0.4, -0.2) is 49.5 Å². The predicted octanol–water partition coefficient (Wildman–Crippen LogP) is 3.43. The van der Waals surface area contributed by atoms with E-state index in [1.54, 1.807) is 12.4 Å². The molecule has 0 N–H and O–H groups in total. The summed E-state index contributed by atoms with van der Waals surface area (Å²) in [5.41, 5.74) is 2.65. The number of hydrogen-bond donors (Lipinski definition) is 0. The molecule has 1 amide bonds. The van der Waals surface area contributed by atoms with Crippen molar-refractivity contribution in [3.8, 4) is 11.6 Å². The Hall–Kier alpha value is -3.22. The SMILES string of the molecule is Cc1ccc(OC2CCC34CCC3CN(C(=O)c3ccccc3-n3nccn3)C24)nc1. The molecule has 2 aromatic heterocycles. The molecule has 4 unspecified atom stereocenters. The fourth-order valence-electron chi connectivity index (χ4n) is 6.00. The fourth-order valence-corrected chi connectivity index (χ4v) is 6.00. The number of hydrogen-bond acceptors (Lipinski definition) is 5. The van der Waals surface area contributed by atoms with Crippen LogP contribution in [-0.2, 0) is 0 Å². The molecule has 31 heavy (non-hydrogen) atoms. The molecule has 3 fully saturated rings. The second-order valence-electron chi connectivity index (χ2n) is 9.08. The number of amides is 1. The van der Waals surface area contributed by atoms with Gasteiger partial charge in [0.05, 0.1) is 29.7 Å². The van der Waals surface area contributed by atoms with Crippen molar-refractivity contribution in [2.45, 2.75) is 44.8 Å². The number of aryl methyl sites for hydroxylation is 1. The maximum Gasteiger partial charge on any atom is 0.256 e. The number of nitrogens with zero attached hydrogens (tertiary/aromatic N) is 5. The number of para-hydroxylation sites is 1. The molecule has 1 aliphatic heterocycles. The average Bonchev–Trinajstić information content (AvgIpc) is 3.48. The molecule has 3 aliphatic rings. The minimum atomic E-state index is -0.0283. The molecule has 6 rings (SSSR count). The highest BCUT2D eigenvalue weighted by atomic mass is 16.5. The van der Waals surface area contributed by atoms with E-state index in [0.717, 1.165) is 24.9 Å². The fraction of sp³-hybridized carbons (Fsp3) is 0.417. The van der Waals surface area contributed by atoms with Crippen LogP contribution < -0.4 is 4.74 Å². The van der Waals surface area contributed by atoms with Crippen molar-refractivity contribution in [2.24, 2.45) is 11.3 Å². The Labute approximate surface area is 181 Å². The van der Waals surface area contributed by atoms with Gasteiger partial charge in [0, 0.05) is 18.8 Å². The highest BCUT2D eigenvalue weighted by Crippen LogP contribution is 2.63. The summed E-state index contributed by atoms with van der Waals surface area (Å²) in [7, 11) is 0. The van der Waals surface area contributed by atoms with Gasteiger partial charge >= 0.3 is 0 Å². The summed E-state index contributed by atoms with van der Waals surface area (Å²) in [6.45, 7) is 2.81. The van der Waals surface area contributed by atoms with Crippen molar-refractivity contribution >= 4 is 5.91 Å². The van der Waals surface area contributed by atoms with Gasteiger partial charge in [-0.3, -0.25) is 4.79 Å². The van der Waals surface area contributed by atoms with Crippen LogP contribution in [0.25, 0.3) is 5.69 Å². The van der Waals surface area contributed by atoms with E-state index < -0.39 is 0 Å². The van der Waals surface area contributed by atoms with Gasteiger partial charge in [-0.1, -0.05) is 18.2 Å². The molecule has 3 aromatic rings. The number of carbonyl (C=O) groups excluding carboxylic acids is 1. The smallest absolute Gasteiger partial charge is 0.256 e. The van der Waals surface area contributed by atoms with Crippen LogP contribution in [0.1, 0.15) is 41.6 Å². The van der Waals surface area contributed by atoms with Gasteiger partial charge in [0.15, 0.2) is 0 Å². The number of carbonyl (C=O) groups is 1. The molecule has 7 nitrogen and oxygen atoms in total. The molecule has 1 saturated heterocycles. The Balaban J connectivity index is 1.34. The van der Waals surface area contributed by atoms with E-state index in [1.807, 2.05) is 49.5 Å². The minimum absolute atomic E-state index is 0.0283. The van der Waals surface area contributed by atoms with Gasteiger partial charge in [-0.2, -0.15) is 15.0 Å². The number of benzene rings is 1. The summed E-state index contributed by atoms with van der Waals surface area (Å²) in [5.74, 6) is 1.25. The number of aromatic nitrogens is 4. The van der Waals surface area contributed by atoms with Crippen LogP contribution in [0.15, 0.2) is 55.0 Å². The first-order valence-corrected chi connectivity index (χ1v) is 11.0. The Morgan fingerprint density at radius 2 is 1.90 bits per heavy atom. The lowest BCUT2D eigenvalue weighted by Gasteiger charge is -2.44. The van der Waals surface area contributed by atoms with E-state index in [-0.39, 0.29) is 23.5 Å². The maximum atomic E-state index is 13.8. The Morgan fingerprint density at radius 3 is 2.65 bits per heavy atom. The van der Waals surface area contributed by atoms with Crippen LogP contribution in [0.2, 0.25) is 0 Å². The molecule has 1 aromatic carbocycles. The summed E-state index contributed by atoms with van der Waals surface area (Å²) < 4.78 is 6.38. The zero-order valence-electron chi connectivity index (χ0n) is 17.5. The van der Waals surface area contributed by atoms with Crippen LogP contribution >= 0.6 is 0 Å². The molecule has 3 heterocycles. The zero-order valence-corrected chi connectivity index (χ0v) is 17.5. The first-order chi connectivity index (χ1) is 15.2. The highest BCUT2D eigenvalue weighted by molar-refractivity contribution is 5.98. The van der Waals surface area contributed by atoms with E-state index in [0.29, 0.717) is 23.0 Å². The van der Waals surface area contributed by atoms with Crippen LogP contribution in [0, 0.1) is 18.3 Å². The van der Waals surface area contributed by atoms with Gasteiger partial charge in [-0.25, -0.2) is 4.98 Å². The molecule has 4 atom stereocenters. The van der Waals surface area contributed by atoms with Gasteiger partial charge in [0.2, 0.25) is 5.88 Å². The summed E-state index contributed by atoms with van der Waals surface area (Å²) in [6.07, 6.45) is 9.50. The third-order valence-corrected chi connectivity index (χ3v) is 7.55. The predicted molar refractivity (Wildman–Crippen MR) is 114 cm³/mol. The Morgan fingerprint density at radius 1 is 1.10 bits per heavy atom. The number of likely N-dealkylation sites (tertiary alicyclic amines) is 1.